The summed E-state index contributed by atoms with van der Waals surface area (Å²) in [4.78, 5) is 14.4. The van der Waals surface area contributed by atoms with Crippen molar-refractivity contribution in [2.45, 2.75) is 25.5 Å². The zero-order chi connectivity index (χ0) is 19.2. The highest BCUT2D eigenvalue weighted by molar-refractivity contribution is 5.74. The maximum Gasteiger partial charge on any atom is 0.317 e. The molecular weight excluding hydrogens is 344 g/mol. The minimum absolute atomic E-state index is 0.0234. The van der Waals surface area contributed by atoms with Gasteiger partial charge < -0.3 is 24.8 Å². The van der Waals surface area contributed by atoms with Crippen LogP contribution in [0.1, 0.15) is 29.0 Å². The van der Waals surface area contributed by atoms with Crippen LogP contribution in [-0.4, -0.2) is 43.3 Å². The van der Waals surface area contributed by atoms with E-state index < -0.39 is 0 Å². The van der Waals surface area contributed by atoms with Crippen molar-refractivity contribution in [3.63, 3.8) is 0 Å². The monoisotopic (exact) mass is 370 g/mol. The molecule has 1 fully saturated rings. The van der Waals surface area contributed by atoms with Gasteiger partial charge in [0.25, 0.3) is 0 Å². The Morgan fingerprint density at radius 3 is 2.56 bits per heavy atom. The smallest absolute Gasteiger partial charge is 0.317 e. The Morgan fingerprint density at radius 1 is 1.15 bits per heavy atom. The van der Waals surface area contributed by atoms with Crippen LogP contribution in [-0.2, 0) is 13.2 Å². The van der Waals surface area contributed by atoms with Crippen molar-refractivity contribution in [3.05, 3.63) is 59.2 Å². The topological polar surface area (TPSA) is 71.0 Å². The molecule has 1 saturated heterocycles. The van der Waals surface area contributed by atoms with Crippen LogP contribution in [0.2, 0.25) is 0 Å². The highest BCUT2D eigenvalue weighted by atomic mass is 16.5. The van der Waals surface area contributed by atoms with E-state index in [0.29, 0.717) is 19.6 Å². The molecule has 6 nitrogen and oxygen atoms in total. The zero-order valence-electron chi connectivity index (χ0n) is 15.8. The van der Waals surface area contributed by atoms with Crippen LogP contribution in [0.5, 0.6) is 11.5 Å². The molecule has 144 valence electrons. The van der Waals surface area contributed by atoms with Crippen LogP contribution in [0.25, 0.3) is 0 Å². The van der Waals surface area contributed by atoms with Gasteiger partial charge in [0.05, 0.1) is 20.8 Å². The van der Waals surface area contributed by atoms with Crippen LogP contribution < -0.4 is 14.8 Å². The number of aliphatic hydroxyl groups excluding tert-OH is 1. The first kappa shape index (κ1) is 19.0. The SMILES string of the molecule is COc1ccc(OC)c([C@H]2CCN(C(=O)NCc3ccc(CO)cc3)C2)c1. The standard InChI is InChI=1S/C21H26N2O4/c1-26-18-7-8-20(27-2)19(11-18)17-9-10-23(13-17)21(25)22-12-15-3-5-16(14-24)6-4-15/h3-8,11,17,24H,9-10,12-14H2,1-2H3,(H,22,25)/t17-/m0/s1. The van der Waals surface area contributed by atoms with Crippen LogP contribution >= 0.6 is 0 Å². The van der Waals surface area contributed by atoms with Gasteiger partial charge in [0.15, 0.2) is 0 Å². The molecule has 2 aromatic rings. The third-order valence-corrected chi connectivity index (χ3v) is 5.00. The lowest BCUT2D eigenvalue weighted by Gasteiger charge is -2.19. The number of urea groups is 1. The van der Waals surface area contributed by atoms with Crippen molar-refractivity contribution in [2.75, 3.05) is 27.3 Å². The Balaban J connectivity index is 1.59. The number of methoxy groups -OCH3 is 2. The van der Waals surface area contributed by atoms with E-state index in [1.54, 1.807) is 14.2 Å². The number of nitrogens with one attached hydrogen (secondary N) is 1. The number of hydrogen-bond donors (Lipinski definition) is 2. The number of ether oxygens (including phenoxy) is 2. The van der Waals surface area contributed by atoms with Crippen LogP contribution in [0, 0.1) is 0 Å². The second kappa shape index (κ2) is 8.77. The maximum atomic E-state index is 12.5. The Morgan fingerprint density at radius 2 is 1.89 bits per heavy atom. The number of hydrogen-bond acceptors (Lipinski definition) is 4. The summed E-state index contributed by atoms with van der Waals surface area (Å²) in [6.45, 7) is 1.85. The lowest BCUT2D eigenvalue weighted by Crippen LogP contribution is -2.37. The number of benzene rings is 2. The predicted molar refractivity (Wildman–Crippen MR) is 103 cm³/mol. The van der Waals surface area contributed by atoms with E-state index >= 15 is 0 Å². The highest BCUT2D eigenvalue weighted by Gasteiger charge is 2.29. The number of likely N-dealkylation sites (tertiary alicyclic amines) is 1. The zero-order valence-corrected chi connectivity index (χ0v) is 15.8. The minimum atomic E-state index is -0.0643. The molecule has 3 rings (SSSR count). The number of carbonyl (C=O) groups is 1. The minimum Gasteiger partial charge on any atom is -0.497 e. The number of nitrogens with zero attached hydrogens (tertiary/aromatic N) is 1. The molecule has 0 saturated carbocycles. The molecule has 0 radical (unpaired) electrons. The summed E-state index contributed by atoms with van der Waals surface area (Å²) < 4.78 is 10.8. The fourth-order valence-corrected chi connectivity index (χ4v) is 3.41. The molecule has 0 unspecified atom stereocenters. The molecule has 0 aromatic heterocycles. The lowest BCUT2D eigenvalue weighted by molar-refractivity contribution is 0.207. The molecule has 0 aliphatic carbocycles. The van der Waals surface area contributed by atoms with E-state index in [0.717, 1.165) is 34.6 Å². The normalized spacial score (nSPS) is 16.3. The molecular formula is C21H26N2O4. The Bertz CT molecular complexity index is 776. The van der Waals surface area contributed by atoms with Crippen molar-refractivity contribution in [1.29, 1.82) is 0 Å². The summed E-state index contributed by atoms with van der Waals surface area (Å²) in [5.74, 6) is 1.84. The number of carbonyl (C=O) groups excluding carboxylic acids is 1. The van der Waals surface area contributed by atoms with Crippen molar-refractivity contribution in [1.82, 2.24) is 10.2 Å². The van der Waals surface area contributed by atoms with Gasteiger partial charge >= 0.3 is 6.03 Å². The molecule has 1 aliphatic rings. The van der Waals surface area contributed by atoms with Gasteiger partial charge in [-0.3, -0.25) is 0 Å². The van der Waals surface area contributed by atoms with E-state index in [1.165, 1.54) is 0 Å². The van der Waals surface area contributed by atoms with E-state index in [4.69, 9.17) is 14.6 Å². The summed E-state index contributed by atoms with van der Waals surface area (Å²) in [6.07, 6.45) is 0.891. The second-order valence-electron chi connectivity index (χ2n) is 6.67. The summed E-state index contributed by atoms with van der Waals surface area (Å²) in [5.41, 5.74) is 2.94. The molecule has 27 heavy (non-hydrogen) atoms. The van der Waals surface area contributed by atoms with Gasteiger partial charge in [0.1, 0.15) is 11.5 Å². The summed E-state index contributed by atoms with van der Waals surface area (Å²) >= 11 is 0. The number of aliphatic hydroxyl groups is 1. The number of amides is 2. The molecule has 1 heterocycles. The quantitative estimate of drug-likeness (QED) is 0.820. The molecule has 0 spiro atoms. The molecule has 1 aliphatic heterocycles. The fourth-order valence-electron chi connectivity index (χ4n) is 3.41. The van der Waals surface area contributed by atoms with Gasteiger partial charge in [0.2, 0.25) is 0 Å². The van der Waals surface area contributed by atoms with Crippen molar-refractivity contribution in [2.24, 2.45) is 0 Å². The van der Waals surface area contributed by atoms with Crippen molar-refractivity contribution < 1.29 is 19.4 Å². The summed E-state index contributed by atoms with van der Waals surface area (Å²) in [6, 6.07) is 13.3. The van der Waals surface area contributed by atoms with Gasteiger partial charge in [-0.1, -0.05) is 24.3 Å². The van der Waals surface area contributed by atoms with Gasteiger partial charge in [0, 0.05) is 31.1 Å². The Hall–Kier alpha value is -2.73. The first-order valence-corrected chi connectivity index (χ1v) is 9.08. The fraction of sp³-hybridized carbons (Fsp3) is 0.381. The van der Waals surface area contributed by atoms with E-state index in [2.05, 4.69) is 5.32 Å². The lowest BCUT2D eigenvalue weighted by atomic mass is 9.97. The van der Waals surface area contributed by atoms with Crippen LogP contribution in [0.15, 0.2) is 42.5 Å². The summed E-state index contributed by atoms with van der Waals surface area (Å²) in [7, 11) is 3.31. The molecule has 2 amide bonds. The molecule has 6 heteroatoms. The summed E-state index contributed by atoms with van der Waals surface area (Å²) in [5, 5.41) is 12.1. The number of rotatable bonds is 6. The second-order valence-corrected chi connectivity index (χ2v) is 6.67. The molecule has 1 atom stereocenters. The molecule has 0 bridgehead atoms. The van der Waals surface area contributed by atoms with Crippen molar-refractivity contribution >= 4 is 6.03 Å². The van der Waals surface area contributed by atoms with Crippen LogP contribution in [0.3, 0.4) is 0 Å². The van der Waals surface area contributed by atoms with Gasteiger partial charge in [-0.25, -0.2) is 4.79 Å². The first-order valence-electron chi connectivity index (χ1n) is 9.08. The van der Waals surface area contributed by atoms with Crippen molar-refractivity contribution in [3.8, 4) is 11.5 Å². The molecule has 2 N–H and O–H groups in total. The first-order chi connectivity index (χ1) is 13.1. The average Bonchev–Trinajstić information content (AvgIpc) is 3.22. The third kappa shape index (κ3) is 4.52. The third-order valence-electron chi connectivity index (χ3n) is 5.00. The van der Waals surface area contributed by atoms with E-state index in [9.17, 15) is 4.79 Å². The van der Waals surface area contributed by atoms with E-state index in [1.807, 2.05) is 47.4 Å². The molecule has 2 aromatic carbocycles. The van der Waals surface area contributed by atoms with Crippen LogP contribution in [0.4, 0.5) is 4.79 Å². The van der Waals surface area contributed by atoms with Gasteiger partial charge in [-0.2, -0.15) is 0 Å². The Kier molecular flexibility index (Phi) is 6.19. The highest BCUT2D eigenvalue weighted by Crippen LogP contribution is 2.35. The predicted octanol–water partition coefficient (Wildman–Crippen LogP) is 2.90. The average molecular weight is 370 g/mol. The van der Waals surface area contributed by atoms with E-state index in [-0.39, 0.29) is 18.6 Å². The maximum absolute atomic E-state index is 12.5. The Labute approximate surface area is 159 Å². The largest absolute Gasteiger partial charge is 0.497 e. The van der Waals surface area contributed by atoms with Gasteiger partial charge in [-0.15, -0.1) is 0 Å². The van der Waals surface area contributed by atoms with Gasteiger partial charge in [-0.05, 0) is 35.7 Å².